The smallest absolute Gasteiger partial charge is 0.236 e. The Morgan fingerprint density at radius 2 is 2.03 bits per heavy atom. The summed E-state index contributed by atoms with van der Waals surface area (Å²) in [6.07, 6.45) is 3.25. The van der Waals surface area contributed by atoms with Crippen LogP contribution in [0.3, 0.4) is 0 Å². The van der Waals surface area contributed by atoms with E-state index in [0.717, 1.165) is 56.2 Å². The first kappa shape index (κ1) is 21.7. The Kier molecular flexibility index (Phi) is 7.36. The monoisotopic (exact) mass is 448 g/mol. The van der Waals surface area contributed by atoms with Gasteiger partial charge in [0.2, 0.25) is 5.91 Å². The number of carbonyl (C=O) groups is 1. The average Bonchev–Trinajstić information content (AvgIpc) is 3.43. The summed E-state index contributed by atoms with van der Waals surface area (Å²) in [6, 6.07) is 8.05. The molecule has 1 unspecified atom stereocenters. The van der Waals surface area contributed by atoms with Crippen LogP contribution in [-0.4, -0.2) is 70.7 Å². The molecule has 162 valence electrons. The lowest BCUT2D eigenvalue weighted by Crippen LogP contribution is -2.47. The third-order valence-corrected chi connectivity index (χ3v) is 6.87. The van der Waals surface area contributed by atoms with Crippen LogP contribution in [0.2, 0.25) is 5.02 Å². The zero-order valence-electron chi connectivity index (χ0n) is 17.4. The van der Waals surface area contributed by atoms with Crippen LogP contribution in [0, 0.1) is 0 Å². The molecule has 1 aromatic heterocycles. The number of rotatable bonds is 7. The third-order valence-electron chi connectivity index (χ3n) is 6.10. The van der Waals surface area contributed by atoms with Crippen LogP contribution in [0.5, 0.6) is 0 Å². The van der Waals surface area contributed by atoms with Gasteiger partial charge in [0.05, 0.1) is 18.3 Å². The molecule has 1 aromatic carbocycles. The van der Waals surface area contributed by atoms with E-state index in [1.165, 1.54) is 17.1 Å². The molecule has 0 aliphatic carbocycles. The van der Waals surface area contributed by atoms with Gasteiger partial charge in [0.1, 0.15) is 0 Å². The van der Waals surface area contributed by atoms with Gasteiger partial charge in [0.15, 0.2) is 0 Å². The minimum atomic E-state index is 0.178. The van der Waals surface area contributed by atoms with E-state index in [4.69, 9.17) is 16.3 Å². The molecule has 1 amide bonds. The van der Waals surface area contributed by atoms with Crippen molar-refractivity contribution in [1.29, 1.82) is 0 Å². The Morgan fingerprint density at radius 3 is 2.77 bits per heavy atom. The molecule has 2 aliphatic heterocycles. The SMILES string of the molecule is CCCOC1CCCN(C(=O)CN2C[C@@H](c3ccc(Cl)cc3)[C@H](c3csnn3)C2)C1. The van der Waals surface area contributed by atoms with Crippen molar-refractivity contribution in [2.45, 2.75) is 44.1 Å². The Morgan fingerprint density at radius 1 is 1.23 bits per heavy atom. The number of likely N-dealkylation sites (tertiary alicyclic amines) is 2. The number of piperidine rings is 1. The van der Waals surface area contributed by atoms with E-state index >= 15 is 0 Å². The molecule has 4 rings (SSSR count). The van der Waals surface area contributed by atoms with Gasteiger partial charge in [-0.3, -0.25) is 9.69 Å². The molecule has 3 atom stereocenters. The van der Waals surface area contributed by atoms with Crippen molar-refractivity contribution in [3.8, 4) is 0 Å². The van der Waals surface area contributed by atoms with E-state index in [9.17, 15) is 4.79 Å². The predicted molar refractivity (Wildman–Crippen MR) is 119 cm³/mol. The summed E-state index contributed by atoms with van der Waals surface area (Å²) in [4.78, 5) is 17.3. The Balaban J connectivity index is 1.42. The average molecular weight is 449 g/mol. The molecule has 0 N–H and O–H groups in total. The van der Waals surface area contributed by atoms with Gasteiger partial charge in [-0.15, -0.1) is 5.10 Å². The predicted octanol–water partition coefficient (Wildman–Crippen LogP) is 3.79. The van der Waals surface area contributed by atoms with Crippen molar-refractivity contribution in [3.05, 3.63) is 45.9 Å². The van der Waals surface area contributed by atoms with Crippen LogP contribution in [0.1, 0.15) is 49.3 Å². The van der Waals surface area contributed by atoms with Crippen LogP contribution < -0.4 is 0 Å². The second-order valence-electron chi connectivity index (χ2n) is 8.26. The normalized spacial score (nSPS) is 25.0. The number of amides is 1. The summed E-state index contributed by atoms with van der Waals surface area (Å²) >= 11 is 7.47. The number of hydrogen-bond acceptors (Lipinski definition) is 6. The van der Waals surface area contributed by atoms with E-state index in [1.54, 1.807) is 0 Å². The number of nitrogens with zero attached hydrogens (tertiary/aromatic N) is 4. The van der Waals surface area contributed by atoms with Crippen molar-refractivity contribution in [3.63, 3.8) is 0 Å². The number of ether oxygens (including phenoxy) is 1. The van der Waals surface area contributed by atoms with Crippen molar-refractivity contribution in [2.24, 2.45) is 0 Å². The summed E-state index contributed by atoms with van der Waals surface area (Å²) in [6.45, 7) is 6.52. The van der Waals surface area contributed by atoms with Gasteiger partial charge >= 0.3 is 0 Å². The van der Waals surface area contributed by atoms with Gasteiger partial charge in [0.25, 0.3) is 0 Å². The van der Waals surface area contributed by atoms with E-state index in [1.807, 2.05) is 22.4 Å². The topological polar surface area (TPSA) is 58.6 Å². The molecule has 0 bridgehead atoms. The number of aromatic nitrogens is 2. The summed E-state index contributed by atoms with van der Waals surface area (Å²) < 4.78 is 9.96. The van der Waals surface area contributed by atoms with Gasteiger partial charge in [-0.25, -0.2) is 0 Å². The molecule has 3 heterocycles. The number of hydrogen-bond donors (Lipinski definition) is 0. The Hall–Kier alpha value is -1.54. The molecule has 2 aromatic rings. The van der Waals surface area contributed by atoms with Crippen molar-refractivity contribution >= 4 is 29.0 Å². The maximum absolute atomic E-state index is 13.0. The maximum Gasteiger partial charge on any atom is 0.236 e. The minimum Gasteiger partial charge on any atom is -0.376 e. The van der Waals surface area contributed by atoms with Crippen LogP contribution in [0.4, 0.5) is 0 Å². The molecule has 0 spiro atoms. The molecule has 0 saturated carbocycles. The van der Waals surface area contributed by atoms with Gasteiger partial charge < -0.3 is 9.64 Å². The van der Waals surface area contributed by atoms with Crippen molar-refractivity contribution < 1.29 is 9.53 Å². The first-order valence-corrected chi connectivity index (χ1v) is 12.0. The van der Waals surface area contributed by atoms with Crippen LogP contribution in [0.15, 0.2) is 29.6 Å². The van der Waals surface area contributed by atoms with Gasteiger partial charge in [-0.2, -0.15) is 0 Å². The standard InChI is InChI=1S/C22H29ClN4O2S/c1-2-10-29-18-4-3-9-27(11-18)22(28)14-26-12-19(16-5-7-17(23)8-6-16)20(13-26)21-15-30-25-24-21/h5-8,15,18-20H,2-4,9-14H2,1H3/t18?,19-,20+/m0/s1. The van der Waals surface area contributed by atoms with Crippen LogP contribution >= 0.6 is 23.1 Å². The van der Waals surface area contributed by atoms with E-state index in [0.29, 0.717) is 13.1 Å². The highest BCUT2D eigenvalue weighted by Crippen LogP contribution is 2.39. The molecule has 0 radical (unpaired) electrons. The summed E-state index contributed by atoms with van der Waals surface area (Å²) in [7, 11) is 0. The quantitative estimate of drug-likeness (QED) is 0.644. The minimum absolute atomic E-state index is 0.178. The highest BCUT2D eigenvalue weighted by molar-refractivity contribution is 7.03. The summed E-state index contributed by atoms with van der Waals surface area (Å²) in [5, 5.41) is 7.10. The molecule has 2 saturated heterocycles. The third kappa shape index (κ3) is 5.19. The van der Waals surface area contributed by atoms with Crippen LogP contribution in [-0.2, 0) is 9.53 Å². The van der Waals surface area contributed by atoms with Gasteiger partial charge in [-0.05, 0) is 48.5 Å². The fourth-order valence-electron chi connectivity index (χ4n) is 4.57. The molecular weight excluding hydrogens is 420 g/mol. The molecule has 6 nitrogen and oxygen atoms in total. The van der Waals surface area contributed by atoms with Crippen molar-refractivity contribution in [1.82, 2.24) is 19.4 Å². The lowest BCUT2D eigenvalue weighted by molar-refractivity contribution is -0.136. The first-order valence-electron chi connectivity index (χ1n) is 10.8. The first-order chi connectivity index (χ1) is 14.6. The summed E-state index contributed by atoms with van der Waals surface area (Å²) in [5.41, 5.74) is 2.25. The fraction of sp³-hybridized carbons (Fsp3) is 0.591. The molecule has 30 heavy (non-hydrogen) atoms. The fourth-order valence-corrected chi connectivity index (χ4v) is 5.22. The zero-order chi connectivity index (χ0) is 20.9. The van der Waals surface area contributed by atoms with Gasteiger partial charge in [-0.1, -0.05) is 35.1 Å². The molecule has 8 heteroatoms. The molecular formula is C22H29ClN4O2S. The van der Waals surface area contributed by atoms with Crippen molar-refractivity contribution in [2.75, 3.05) is 39.3 Å². The maximum atomic E-state index is 13.0. The molecule has 2 fully saturated rings. The van der Waals surface area contributed by atoms with Crippen LogP contribution in [0.25, 0.3) is 0 Å². The lowest BCUT2D eigenvalue weighted by atomic mass is 9.87. The van der Waals surface area contributed by atoms with E-state index in [-0.39, 0.29) is 23.8 Å². The molecule has 2 aliphatic rings. The Bertz CT molecular complexity index is 817. The highest BCUT2D eigenvalue weighted by atomic mass is 35.5. The van der Waals surface area contributed by atoms with Gasteiger partial charge in [0, 0.05) is 55.0 Å². The summed E-state index contributed by atoms with van der Waals surface area (Å²) in [5.74, 6) is 0.715. The number of carbonyl (C=O) groups excluding carboxylic acids is 1. The largest absolute Gasteiger partial charge is 0.376 e. The number of benzene rings is 1. The highest BCUT2D eigenvalue weighted by Gasteiger charge is 2.37. The van der Waals surface area contributed by atoms with E-state index < -0.39 is 0 Å². The van der Waals surface area contributed by atoms with E-state index in [2.05, 4.69) is 33.5 Å². The second kappa shape index (κ2) is 10.2. The Labute approximate surface area is 187 Å². The zero-order valence-corrected chi connectivity index (χ0v) is 18.9. The second-order valence-corrected chi connectivity index (χ2v) is 9.31. The number of halogens is 1. The lowest BCUT2D eigenvalue weighted by Gasteiger charge is -2.33.